The number of nitrogens with one attached hydrogen (secondary N) is 1. The summed E-state index contributed by atoms with van der Waals surface area (Å²) in [5, 5.41) is 7.22. The van der Waals surface area contributed by atoms with Gasteiger partial charge in [0.05, 0.1) is 26.5 Å². The Hall–Kier alpha value is -3.22. The van der Waals surface area contributed by atoms with Gasteiger partial charge in [-0.25, -0.2) is 4.79 Å². The average molecular weight is 412 g/mol. The molecular weight excluding hydrogens is 382 g/mol. The summed E-state index contributed by atoms with van der Waals surface area (Å²) in [4.78, 5) is 20.2. The standard InChI is InChI=1S/C23H29N3O4/c1-16(2)24-23(27)26(14-17-6-5-7-20(12-17)29-4)15-21-13-22(25-30-21)18-8-10-19(28-3)11-9-18/h5-12,16,21H,13-15H2,1-4H3,(H,24,27)/t21-/m1/s1. The van der Waals surface area contributed by atoms with Crippen LogP contribution in [0.4, 0.5) is 4.79 Å². The van der Waals surface area contributed by atoms with Gasteiger partial charge in [-0.2, -0.15) is 0 Å². The third kappa shape index (κ3) is 5.65. The number of nitrogens with zero attached hydrogens (tertiary/aromatic N) is 2. The number of benzene rings is 2. The summed E-state index contributed by atoms with van der Waals surface area (Å²) in [6, 6.07) is 15.4. The SMILES string of the molecule is COc1ccc(C2=NO[C@@H](CN(Cc3cccc(OC)c3)C(=O)NC(C)C)C2)cc1. The van der Waals surface area contributed by atoms with Crippen LogP contribution in [-0.4, -0.2) is 49.6 Å². The van der Waals surface area contributed by atoms with Gasteiger partial charge in [0.1, 0.15) is 11.5 Å². The zero-order chi connectivity index (χ0) is 21.5. The molecule has 0 spiro atoms. The van der Waals surface area contributed by atoms with Crippen LogP contribution in [0.1, 0.15) is 31.4 Å². The molecule has 1 atom stereocenters. The topological polar surface area (TPSA) is 72.4 Å². The number of hydrogen-bond acceptors (Lipinski definition) is 5. The van der Waals surface area contributed by atoms with E-state index in [9.17, 15) is 4.79 Å². The number of hydrogen-bond donors (Lipinski definition) is 1. The van der Waals surface area contributed by atoms with Crippen molar-refractivity contribution >= 4 is 11.7 Å². The van der Waals surface area contributed by atoms with E-state index < -0.39 is 0 Å². The number of urea groups is 1. The fourth-order valence-electron chi connectivity index (χ4n) is 3.27. The Kier molecular flexibility index (Phi) is 7.17. The summed E-state index contributed by atoms with van der Waals surface area (Å²) >= 11 is 0. The van der Waals surface area contributed by atoms with Crippen molar-refractivity contribution in [1.29, 1.82) is 0 Å². The molecule has 0 saturated heterocycles. The van der Waals surface area contributed by atoms with E-state index in [0.717, 1.165) is 28.3 Å². The van der Waals surface area contributed by atoms with Crippen molar-refractivity contribution in [2.24, 2.45) is 5.16 Å². The fourth-order valence-corrected chi connectivity index (χ4v) is 3.27. The van der Waals surface area contributed by atoms with Gasteiger partial charge in [-0.05, 0) is 61.4 Å². The molecular formula is C23H29N3O4. The predicted octanol–water partition coefficient (Wildman–Crippen LogP) is 3.82. The molecule has 0 fully saturated rings. The number of carbonyl (C=O) groups is 1. The predicted molar refractivity (Wildman–Crippen MR) is 116 cm³/mol. The molecule has 2 amide bonds. The maximum absolute atomic E-state index is 12.8. The van der Waals surface area contributed by atoms with Crippen molar-refractivity contribution in [2.75, 3.05) is 20.8 Å². The minimum atomic E-state index is -0.203. The Morgan fingerprint density at radius 1 is 1.17 bits per heavy atom. The van der Waals surface area contributed by atoms with Crippen LogP contribution < -0.4 is 14.8 Å². The van der Waals surface area contributed by atoms with E-state index in [2.05, 4.69) is 10.5 Å². The van der Waals surface area contributed by atoms with Gasteiger partial charge in [-0.3, -0.25) is 0 Å². The van der Waals surface area contributed by atoms with Crippen LogP contribution in [0.25, 0.3) is 0 Å². The molecule has 2 aromatic rings. The van der Waals surface area contributed by atoms with Crippen molar-refractivity contribution in [1.82, 2.24) is 10.2 Å². The molecule has 0 saturated carbocycles. The van der Waals surface area contributed by atoms with E-state index in [1.54, 1.807) is 19.1 Å². The number of rotatable bonds is 8. The Balaban J connectivity index is 1.67. The van der Waals surface area contributed by atoms with Crippen LogP contribution in [0.15, 0.2) is 53.7 Å². The molecule has 0 bridgehead atoms. The third-order valence-corrected chi connectivity index (χ3v) is 4.79. The van der Waals surface area contributed by atoms with E-state index in [4.69, 9.17) is 14.3 Å². The lowest BCUT2D eigenvalue weighted by Gasteiger charge is -2.26. The molecule has 7 heteroatoms. The molecule has 1 aliphatic heterocycles. The van der Waals surface area contributed by atoms with Crippen molar-refractivity contribution in [3.63, 3.8) is 0 Å². The van der Waals surface area contributed by atoms with E-state index in [0.29, 0.717) is 19.5 Å². The monoisotopic (exact) mass is 411 g/mol. The first-order valence-electron chi connectivity index (χ1n) is 10.0. The summed E-state index contributed by atoms with van der Waals surface area (Å²) in [5.74, 6) is 1.56. The number of carbonyl (C=O) groups excluding carboxylic acids is 1. The molecule has 3 rings (SSSR count). The first kappa shape index (κ1) is 21.5. The second-order valence-electron chi connectivity index (χ2n) is 7.53. The number of oxime groups is 1. The quantitative estimate of drug-likeness (QED) is 0.717. The molecule has 0 radical (unpaired) electrons. The third-order valence-electron chi connectivity index (χ3n) is 4.79. The molecule has 0 aliphatic carbocycles. The Morgan fingerprint density at radius 3 is 2.57 bits per heavy atom. The number of amides is 2. The minimum Gasteiger partial charge on any atom is -0.497 e. The van der Waals surface area contributed by atoms with Crippen molar-refractivity contribution < 1.29 is 19.1 Å². The van der Waals surface area contributed by atoms with Gasteiger partial charge < -0.3 is 24.5 Å². The molecule has 1 heterocycles. The smallest absolute Gasteiger partial charge is 0.318 e. The molecule has 1 aliphatic rings. The van der Waals surface area contributed by atoms with E-state index in [1.807, 2.05) is 62.4 Å². The summed E-state index contributed by atoms with van der Waals surface area (Å²) in [6.45, 7) is 4.77. The first-order chi connectivity index (χ1) is 14.5. The fraction of sp³-hybridized carbons (Fsp3) is 0.391. The molecule has 2 aromatic carbocycles. The highest BCUT2D eigenvalue weighted by molar-refractivity contribution is 6.01. The second-order valence-corrected chi connectivity index (χ2v) is 7.53. The van der Waals surface area contributed by atoms with E-state index >= 15 is 0 Å². The van der Waals surface area contributed by atoms with Crippen LogP contribution in [0.2, 0.25) is 0 Å². The lowest BCUT2D eigenvalue weighted by Crippen LogP contribution is -2.45. The van der Waals surface area contributed by atoms with E-state index in [-0.39, 0.29) is 18.2 Å². The minimum absolute atomic E-state index is 0.0425. The Labute approximate surface area is 177 Å². The van der Waals surface area contributed by atoms with Crippen LogP contribution in [-0.2, 0) is 11.4 Å². The van der Waals surface area contributed by atoms with Crippen molar-refractivity contribution in [3.8, 4) is 11.5 Å². The van der Waals surface area contributed by atoms with Crippen molar-refractivity contribution in [2.45, 2.75) is 39.0 Å². The van der Waals surface area contributed by atoms with Gasteiger partial charge in [0.2, 0.25) is 0 Å². The summed E-state index contributed by atoms with van der Waals surface area (Å²) < 4.78 is 10.5. The molecule has 30 heavy (non-hydrogen) atoms. The highest BCUT2D eigenvalue weighted by atomic mass is 16.6. The second kappa shape index (κ2) is 10.0. The number of methoxy groups -OCH3 is 2. The lowest BCUT2D eigenvalue weighted by atomic mass is 10.0. The van der Waals surface area contributed by atoms with Crippen molar-refractivity contribution in [3.05, 3.63) is 59.7 Å². The summed E-state index contributed by atoms with van der Waals surface area (Å²) in [5.41, 5.74) is 2.85. The molecule has 0 aromatic heterocycles. The van der Waals surface area contributed by atoms with Gasteiger partial charge in [0.15, 0.2) is 6.10 Å². The van der Waals surface area contributed by atoms with Gasteiger partial charge in [0.25, 0.3) is 0 Å². The molecule has 0 unspecified atom stereocenters. The summed E-state index contributed by atoms with van der Waals surface area (Å²) in [6.07, 6.45) is 0.432. The van der Waals surface area contributed by atoms with E-state index in [1.165, 1.54) is 0 Å². The Bertz CT molecular complexity index is 880. The van der Waals surface area contributed by atoms with Gasteiger partial charge in [-0.1, -0.05) is 17.3 Å². The normalized spacial score (nSPS) is 15.4. The highest BCUT2D eigenvalue weighted by Crippen LogP contribution is 2.21. The van der Waals surface area contributed by atoms with Crippen LogP contribution in [0.5, 0.6) is 11.5 Å². The number of ether oxygens (including phenoxy) is 2. The molecule has 160 valence electrons. The van der Waals surface area contributed by atoms with Gasteiger partial charge in [-0.15, -0.1) is 0 Å². The average Bonchev–Trinajstić information content (AvgIpc) is 3.21. The van der Waals surface area contributed by atoms with Gasteiger partial charge >= 0.3 is 6.03 Å². The van der Waals surface area contributed by atoms with Gasteiger partial charge in [0, 0.05) is 19.0 Å². The maximum Gasteiger partial charge on any atom is 0.318 e. The zero-order valence-electron chi connectivity index (χ0n) is 17.9. The van der Waals surface area contributed by atoms with Crippen LogP contribution >= 0.6 is 0 Å². The zero-order valence-corrected chi connectivity index (χ0v) is 17.9. The largest absolute Gasteiger partial charge is 0.497 e. The Morgan fingerprint density at radius 2 is 1.90 bits per heavy atom. The molecule has 7 nitrogen and oxygen atoms in total. The first-order valence-corrected chi connectivity index (χ1v) is 10.0. The maximum atomic E-state index is 12.8. The summed E-state index contributed by atoms with van der Waals surface area (Å²) in [7, 11) is 3.27. The molecule has 1 N–H and O–H groups in total. The highest BCUT2D eigenvalue weighted by Gasteiger charge is 2.27. The van der Waals surface area contributed by atoms with Crippen LogP contribution in [0, 0.1) is 0 Å². The van der Waals surface area contributed by atoms with Crippen LogP contribution in [0.3, 0.4) is 0 Å². The lowest BCUT2D eigenvalue weighted by molar-refractivity contribution is 0.0586.